The van der Waals surface area contributed by atoms with Crippen LogP contribution in [0.25, 0.3) is 10.8 Å². The smallest absolute Gasteiger partial charge is 0.223 e. The van der Waals surface area contributed by atoms with Crippen LogP contribution in [-0.4, -0.2) is 86.3 Å². The van der Waals surface area contributed by atoms with Gasteiger partial charge in [0, 0.05) is 23.8 Å². The second-order valence-corrected chi connectivity index (χ2v) is 16.4. The van der Waals surface area contributed by atoms with E-state index in [-0.39, 0.29) is 19.8 Å². The van der Waals surface area contributed by atoms with Gasteiger partial charge in [0.1, 0.15) is 48.8 Å². The molecule has 4 saturated heterocycles. The summed E-state index contributed by atoms with van der Waals surface area (Å²) in [7, 11) is 1.60. The van der Waals surface area contributed by atoms with E-state index in [0.29, 0.717) is 0 Å². The maximum absolute atomic E-state index is 11.0. The first-order chi connectivity index (χ1) is 31.0. The van der Waals surface area contributed by atoms with E-state index in [1.54, 1.807) is 7.11 Å². The summed E-state index contributed by atoms with van der Waals surface area (Å²) in [6.07, 6.45) is -9.43. The van der Waals surface area contributed by atoms with Crippen LogP contribution in [0.3, 0.4) is 0 Å². The zero-order chi connectivity index (χ0) is 42.8. The molecule has 6 aromatic rings. The van der Waals surface area contributed by atoms with E-state index in [1.807, 2.05) is 140 Å². The van der Waals surface area contributed by atoms with Gasteiger partial charge in [-0.15, -0.1) is 0 Å². The van der Waals surface area contributed by atoms with Crippen LogP contribution in [-0.2, 0) is 66.4 Å². The molecule has 6 aromatic carbocycles. The van der Waals surface area contributed by atoms with Crippen molar-refractivity contribution in [3.8, 4) is 0 Å². The Balaban J connectivity index is 1.03. The third kappa shape index (κ3) is 8.48. The monoisotopic (exact) mass is 852 g/mol. The number of hydrogen-bond acceptors (Lipinski definition) is 11. The molecule has 0 bridgehead atoms. The Bertz CT molecular complexity index is 2350. The minimum absolute atomic E-state index is 0.225. The van der Waals surface area contributed by atoms with Crippen molar-refractivity contribution < 1.29 is 52.5 Å². The van der Waals surface area contributed by atoms with Gasteiger partial charge >= 0.3 is 0 Å². The number of aliphatic hydroxyl groups is 1. The molecule has 4 fully saturated rings. The molecule has 11 heteroatoms. The fourth-order valence-electron chi connectivity index (χ4n) is 9.31. The second kappa shape index (κ2) is 18.7. The zero-order valence-corrected chi connectivity index (χ0v) is 35.2. The summed E-state index contributed by atoms with van der Waals surface area (Å²) in [6.45, 7) is 2.04. The number of rotatable bonds is 13. The van der Waals surface area contributed by atoms with Crippen molar-refractivity contribution in [1.29, 1.82) is 0 Å². The van der Waals surface area contributed by atoms with Gasteiger partial charge in [-0.1, -0.05) is 158 Å². The van der Waals surface area contributed by atoms with Gasteiger partial charge in [0.05, 0.1) is 25.9 Å². The number of aliphatic hydroxyl groups excluding tert-OH is 1. The van der Waals surface area contributed by atoms with E-state index >= 15 is 0 Å². The van der Waals surface area contributed by atoms with E-state index in [1.165, 1.54) is 0 Å². The third-order valence-electron chi connectivity index (χ3n) is 12.4. The van der Waals surface area contributed by atoms with Crippen molar-refractivity contribution in [3.05, 3.63) is 192 Å². The normalized spacial score (nSPS) is 31.3. The lowest BCUT2D eigenvalue weighted by Gasteiger charge is -2.52. The van der Waals surface area contributed by atoms with Crippen molar-refractivity contribution in [3.63, 3.8) is 0 Å². The van der Waals surface area contributed by atoms with Gasteiger partial charge < -0.3 is 52.5 Å². The molecule has 1 N–H and O–H groups in total. The second-order valence-electron chi connectivity index (χ2n) is 16.4. The molecule has 10 rings (SSSR count). The molecule has 63 heavy (non-hydrogen) atoms. The van der Waals surface area contributed by atoms with Gasteiger partial charge in [-0.25, -0.2) is 0 Å². The van der Waals surface area contributed by atoms with Crippen LogP contribution in [0.1, 0.15) is 41.0 Å². The molecule has 0 amide bonds. The quantitative estimate of drug-likeness (QED) is 0.122. The molecule has 0 aliphatic carbocycles. The summed E-state index contributed by atoms with van der Waals surface area (Å²) in [4.78, 5) is 0. The number of benzene rings is 6. The van der Waals surface area contributed by atoms with Gasteiger partial charge in [-0.2, -0.15) is 0 Å². The maximum Gasteiger partial charge on any atom is 0.223 e. The molecule has 0 aromatic heterocycles. The average molecular weight is 853 g/mol. The molecule has 4 aliphatic heterocycles. The molecule has 0 radical (unpaired) electrons. The highest BCUT2D eigenvalue weighted by Gasteiger charge is 2.62. The van der Waals surface area contributed by atoms with Crippen molar-refractivity contribution in [2.45, 2.75) is 99.7 Å². The van der Waals surface area contributed by atoms with Crippen molar-refractivity contribution in [2.24, 2.45) is 0 Å². The fraction of sp³-hybridized carbons (Fsp3) is 0.346. The molecule has 12 atom stereocenters. The molecule has 1 unspecified atom stereocenters. The van der Waals surface area contributed by atoms with Crippen LogP contribution in [0.4, 0.5) is 0 Å². The number of methoxy groups -OCH3 is 1. The molecular formula is C52H52O11. The molecule has 4 heterocycles. The maximum atomic E-state index is 11.0. The zero-order valence-electron chi connectivity index (χ0n) is 35.2. The highest BCUT2D eigenvalue weighted by atomic mass is 16.8. The Kier molecular flexibility index (Phi) is 12.5. The van der Waals surface area contributed by atoms with Crippen LogP contribution in [0, 0.1) is 0 Å². The lowest BCUT2D eigenvalue weighted by Crippen LogP contribution is -2.68. The van der Waals surface area contributed by atoms with E-state index in [4.69, 9.17) is 47.4 Å². The highest BCUT2D eigenvalue weighted by Crippen LogP contribution is 2.49. The number of ether oxygens (including phenoxy) is 10. The molecule has 326 valence electrons. The average Bonchev–Trinajstić information content (AvgIpc) is 3.76. The first kappa shape index (κ1) is 42.1. The third-order valence-corrected chi connectivity index (χ3v) is 12.4. The van der Waals surface area contributed by atoms with E-state index in [0.717, 1.165) is 38.6 Å². The van der Waals surface area contributed by atoms with Crippen LogP contribution in [0.15, 0.2) is 164 Å². The van der Waals surface area contributed by atoms with Crippen molar-refractivity contribution in [1.82, 2.24) is 0 Å². The minimum Gasteiger partial charge on any atom is -0.394 e. The lowest BCUT2D eigenvalue weighted by molar-refractivity contribution is -0.403. The number of fused-ring (bicyclic) bond motifs is 3. The van der Waals surface area contributed by atoms with E-state index < -0.39 is 79.6 Å². The van der Waals surface area contributed by atoms with Gasteiger partial charge in [0.2, 0.25) is 5.79 Å². The summed E-state index contributed by atoms with van der Waals surface area (Å²) in [6, 6.07) is 53.8. The van der Waals surface area contributed by atoms with Crippen LogP contribution >= 0.6 is 0 Å². The Morgan fingerprint density at radius 2 is 1.13 bits per heavy atom. The predicted octanol–water partition coefficient (Wildman–Crippen LogP) is 7.97. The van der Waals surface area contributed by atoms with Gasteiger partial charge in [-0.3, -0.25) is 0 Å². The van der Waals surface area contributed by atoms with Crippen LogP contribution in [0.2, 0.25) is 0 Å². The predicted molar refractivity (Wildman–Crippen MR) is 232 cm³/mol. The summed E-state index contributed by atoms with van der Waals surface area (Å²) >= 11 is 0. The summed E-state index contributed by atoms with van der Waals surface area (Å²) in [5.74, 6) is -1.31. The number of hydrogen-bond donors (Lipinski definition) is 1. The standard InChI is InChI=1S/C52H52O11/c1-33-42(46-48(50(54-2)57-33)63-52(62-46,39-23-11-5-12-24-39)40-25-13-6-14-26-40)59-51-47(56-31-34-17-7-3-8-18-34)44(55-32-35-27-28-36-19-15-16-22-38(36)29-35)45-43(60-51)41(30-53)58-49(61-45)37-20-9-4-10-21-37/h3-29,33,41-51,53H,30-32H2,1-2H3/t33-,41+,42-,43+,44-,45+,46+,47-,48+,49?,50+,51+/m0/s1. The largest absolute Gasteiger partial charge is 0.394 e. The molecule has 0 spiro atoms. The van der Waals surface area contributed by atoms with Crippen molar-refractivity contribution >= 4 is 10.8 Å². The van der Waals surface area contributed by atoms with Gasteiger partial charge in [-0.05, 0) is 34.9 Å². The van der Waals surface area contributed by atoms with E-state index in [2.05, 4.69) is 30.3 Å². The highest BCUT2D eigenvalue weighted by molar-refractivity contribution is 5.82. The summed E-state index contributed by atoms with van der Waals surface area (Å²) in [5.41, 5.74) is 4.35. The molecule has 11 nitrogen and oxygen atoms in total. The van der Waals surface area contributed by atoms with Crippen LogP contribution in [0.5, 0.6) is 0 Å². The minimum atomic E-state index is -1.31. The fourth-order valence-corrected chi connectivity index (χ4v) is 9.31. The summed E-state index contributed by atoms with van der Waals surface area (Å²) in [5, 5.41) is 13.2. The molecule has 0 saturated carbocycles. The molecule has 4 aliphatic rings. The summed E-state index contributed by atoms with van der Waals surface area (Å²) < 4.78 is 68.1. The van der Waals surface area contributed by atoms with Crippen LogP contribution < -0.4 is 0 Å². The van der Waals surface area contributed by atoms with Gasteiger partial charge in [0.15, 0.2) is 18.9 Å². The van der Waals surface area contributed by atoms with E-state index in [9.17, 15) is 5.11 Å². The topological polar surface area (TPSA) is 113 Å². The molecular weight excluding hydrogens is 801 g/mol. The Hall–Kier alpha value is -4.86. The lowest BCUT2D eigenvalue weighted by atomic mass is 9.92. The van der Waals surface area contributed by atoms with Gasteiger partial charge in [0.25, 0.3) is 0 Å². The Morgan fingerprint density at radius 1 is 0.524 bits per heavy atom. The first-order valence-corrected chi connectivity index (χ1v) is 21.7. The first-order valence-electron chi connectivity index (χ1n) is 21.7. The Labute approximate surface area is 367 Å². The SMILES string of the molecule is CO[C@@H]1O[C@@H](C)[C@H](O[C@@H]2O[C@H]3[C@@H](OC(c4ccccc4)O[C@@H]3CO)[C@H](OCc3ccc4ccccc4c3)[C@@H]2OCc2ccccc2)[C@H]2OC(c3ccccc3)(c3ccccc3)O[C@@H]12. The Morgan fingerprint density at radius 3 is 1.81 bits per heavy atom. The van der Waals surface area contributed by atoms with Crippen molar-refractivity contribution in [2.75, 3.05) is 13.7 Å².